The summed E-state index contributed by atoms with van der Waals surface area (Å²) in [5.74, 6) is 0.409. The molecule has 0 saturated heterocycles. The number of anilines is 2. The Bertz CT molecular complexity index is 1230. The van der Waals surface area contributed by atoms with Crippen molar-refractivity contribution in [2.75, 3.05) is 45.7 Å². The first-order valence-corrected chi connectivity index (χ1v) is 11.7. The van der Waals surface area contributed by atoms with Gasteiger partial charge in [-0.1, -0.05) is 6.08 Å². The first-order valence-electron chi connectivity index (χ1n) is 11.7. The highest BCUT2D eigenvalue weighted by molar-refractivity contribution is 5.94. The molecule has 1 aliphatic rings. The highest BCUT2D eigenvalue weighted by Crippen LogP contribution is 2.27. The van der Waals surface area contributed by atoms with E-state index >= 15 is 0 Å². The summed E-state index contributed by atoms with van der Waals surface area (Å²) in [4.78, 5) is 31.1. The van der Waals surface area contributed by atoms with Gasteiger partial charge in [0, 0.05) is 56.7 Å². The molecule has 0 fully saturated rings. The van der Waals surface area contributed by atoms with Crippen molar-refractivity contribution < 1.29 is 14.3 Å². The van der Waals surface area contributed by atoms with E-state index in [4.69, 9.17) is 9.72 Å². The van der Waals surface area contributed by atoms with E-state index in [1.54, 1.807) is 38.5 Å². The molecule has 1 aromatic carbocycles. The van der Waals surface area contributed by atoms with Gasteiger partial charge in [-0.25, -0.2) is 14.3 Å². The largest absolute Gasteiger partial charge is 0.450 e. The van der Waals surface area contributed by atoms with Crippen LogP contribution in [-0.4, -0.2) is 81.9 Å². The predicted molar refractivity (Wildman–Crippen MR) is 134 cm³/mol. The van der Waals surface area contributed by atoms with Crippen LogP contribution in [-0.2, 0) is 4.74 Å². The number of hydrogen-bond acceptors (Lipinski definition) is 7. The first-order chi connectivity index (χ1) is 16.9. The molecule has 0 saturated carbocycles. The van der Waals surface area contributed by atoms with E-state index in [1.165, 1.54) is 0 Å². The summed E-state index contributed by atoms with van der Waals surface area (Å²) in [5.41, 5.74) is 4.24. The van der Waals surface area contributed by atoms with Gasteiger partial charge in [0.2, 0.25) is 5.95 Å². The van der Waals surface area contributed by atoms with Gasteiger partial charge in [0.1, 0.15) is 0 Å². The molecular formula is C25H31N7O3. The second-order valence-corrected chi connectivity index (χ2v) is 8.32. The Labute approximate surface area is 204 Å². The molecule has 10 nitrogen and oxygen atoms in total. The third kappa shape index (κ3) is 5.27. The number of carbonyl (C=O) groups is 2. The first kappa shape index (κ1) is 24.2. The number of nitrogens with one attached hydrogen (secondary N) is 1. The second kappa shape index (κ2) is 10.6. The molecule has 1 N–H and O–H groups in total. The highest BCUT2D eigenvalue weighted by Gasteiger charge is 2.21. The zero-order valence-electron chi connectivity index (χ0n) is 20.6. The van der Waals surface area contributed by atoms with Crippen LogP contribution in [0.3, 0.4) is 0 Å². The number of benzene rings is 1. The number of hydrogen-bond donors (Lipinski definition) is 1. The minimum atomic E-state index is -0.285. The summed E-state index contributed by atoms with van der Waals surface area (Å²) < 4.78 is 6.84. The molecular weight excluding hydrogens is 446 g/mol. The molecule has 10 heteroatoms. The third-order valence-corrected chi connectivity index (χ3v) is 5.85. The fourth-order valence-corrected chi connectivity index (χ4v) is 4.09. The quantitative estimate of drug-likeness (QED) is 0.519. The lowest BCUT2D eigenvalue weighted by Gasteiger charge is -2.27. The van der Waals surface area contributed by atoms with Crippen molar-refractivity contribution in [3.05, 3.63) is 59.8 Å². The van der Waals surface area contributed by atoms with Crippen LogP contribution in [0.15, 0.2) is 48.7 Å². The van der Waals surface area contributed by atoms with Crippen molar-refractivity contribution in [2.24, 2.45) is 0 Å². The Morgan fingerprint density at radius 1 is 1.14 bits per heavy atom. The third-order valence-electron chi connectivity index (χ3n) is 5.85. The van der Waals surface area contributed by atoms with Gasteiger partial charge in [0.25, 0.3) is 5.91 Å². The van der Waals surface area contributed by atoms with Crippen molar-refractivity contribution in [2.45, 2.75) is 20.3 Å². The Balaban J connectivity index is 1.50. The molecule has 35 heavy (non-hydrogen) atoms. The number of aromatic nitrogens is 3. The Morgan fingerprint density at radius 3 is 2.54 bits per heavy atom. The van der Waals surface area contributed by atoms with Crippen LogP contribution in [0.2, 0.25) is 0 Å². The van der Waals surface area contributed by atoms with Crippen LogP contribution in [0, 0.1) is 0 Å². The maximum absolute atomic E-state index is 12.7. The van der Waals surface area contributed by atoms with Gasteiger partial charge in [0.15, 0.2) is 5.65 Å². The monoisotopic (exact) mass is 477 g/mol. The summed E-state index contributed by atoms with van der Waals surface area (Å²) in [7, 11) is 3.70. The van der Waals surface area contributed by atoms with E-state index in [0.29, 0.717) is 44.2 Å². The summed E-state index contributed by atoms with van der Waals surface area (Å²) in [6.07, 6.45) is 4.33. The van der Waals surface area contributed by atoms with Crippen LogP contribution in [0.4, 0.5) is 16.4 Å². The number of pyridine rings is 1. The number of carbonyl (C=O) groups excluding carboxylic acids is 2. The van der Waals surface area contributed by atoms with E-state index in [1.807, 2.05) is 57.6 Å². The molecule has 0 spiro atoms. The Morgan fingerprint density at radius 2 is 1.91 bits per heavy atom. The summed E-state index contributed by atoms with van der Waals surface area (Å²) in [6.45, 7) is 5.81. The van der Waals surface area contributed by atoms with Gasteiger partial charge in [-0.2, -0.15) is 4.98 Å². The van der Waals surface area contributed by atoms with Gasteiger partial charge in [0.05, 0.1) is 6.61 Å². The van der Waals surface area contributed by atoms with E-state index in [-0.39, 0.29) is 12.0 Å². The average Bonchev–Trinajstić information content (AvgIpc) is 3.27. The zero-order valence-corrected chi connectivity index (χ0v) is 20.6. The number of fused-ring (bicyclic) bond motifs is 1. The van der Waals surface area contributed by atoms with Gasteiger partial charge < -0.3 is 15.0 Å². The minimum Gasteiger partial charge on any atom is -0.450 e. The summed E-state index contributed by atoms with van der Waals surface area (Å²) in [6, 6.07) is 11.2. The molecule has 1 aliphatic heterocycles. The molecule has 0 radical (unpaired) electrons. The maximum Gasteiger partial charge on any atom is 0.410 e. The lowest BCUT2D eigenvalue weighted by molar-refractivity contribution is 0.0230. The van der Waals surface area contributed by atoms with Crippen LogP contribution < -0.4 is 5.32 Å². The van der Waals surface area contributed by atoms with E-state index in [0.717, 1.165) is 22.5 Å². The van der Waals surface area contributed by atoms with Gasteiger partial charge in [-0.05, 0) is 62.2 Å². The van der Waals surface area contributed by atoms with Crippen LogP contribution in [0.5, 0.6) is 0 Å². The van der Waals surface area contributed by atoms with Crippen molar-refractivity contribution >= 4 is 34.9 Å². The summed E-state index contributed by atoms with van der Waals surface area (Å²) >= 11 is 0. The number of amides is 2. The predicted octanol–water partition coefficient (Wildman–Crippen LogP) is 3.66. The molecule has 4 rings (SSSR count). The van der Waals surface area contributed by atoms with Gasteiger partial charge >= 0.3 is 6.09 Å². The van der Waals surface area contributed by atoms with Crippen LogP contribution in [0.1, 0.15) is 36.2 Å². The Hall–Kier alpha value is -3.92. The SMILES string of the molecule is CCOC(=O)N1CC=C(c2cccn3nc(Nc4ccc(C(=O)N(CC)N(C)C)cc4)nc23)CC1. The van der Waals surface area contributed by atoms with Gasteiger partial charge in [-0.3, -0.25) is 9.80 Å². The number of ether oxygens (including phenoxy) is 1. The number of hydrazine groups is 1. The fraction of sp³-hybridized carbons (Fsp3) is 0.360. The molecule has 2 aromatic heterocycles. The standard InChI is InChI=1S/C25H31N7O3/c1-5-32(29(3)4)23(33)19-9-11-20(12-10-19)26-24-27-22-21(8-7-15-31(22)28-24)18-13-16-30(17-14-18)25(34)35-6-2/h7-13,15H,5-6,14,16-17H2,1-4H3,(H,26,28). The van der Waals surface area contributed by atoms with Gasteiger partial charge in [-0.15, -0.1) is 5.10 Å². The normalized spacial score (nSPS) is 13.6. The minimum absolute atomic E-state index is 0.0539. The second-order valence-electron chi connectivity index (χ2n) is 8.32. The lowest BCUT2D eigenvalue weighted by Crippen LogP contribution is -2.41. The highest BCUT2D eigenvalue weighted by atomic mass is 16.6. The summed E-state index contributed by atoms with van der Waals surface area (Å²) in [5, 5.41) is 11.2. The molecule has 184 valence electrons. The van der Waals surface area contributed by atoms with E-state index in [9.17, 15) is 9.59 Å². The van der Waals surface area contributed by atoms with Crippen LogP contribution >= 0.6 is 0 Å². The van der Waals surface area contributed by atoms with E-state index < -0.39 is 0 Å². The zero-order chi connectivity index (χ0) is 24.9. The molecule has 0 atom stereocenters. The molecule has 3 heterocycles. The van der Waals surface area contributed by atoms with Crippen molar-refractivity contribution in [3.8, 4) is 0 Å². The Kier molecular flexibility index (Phi) is 7.31. The fourth-order valence-electron chi connectivity index (χ4n) is 4.09. The molecule has 3 aromatic rings. The van der Waals surface area contributed by atoms with E-state index in [2.05, 4.69) is 10.4 Å². The van der Waals surface area contributed by atoms with Crippen molar-refractivity contribution in [3.63, 3.8) is 0 Å². The number of rotatable bonds is 7. The lowest BCUT2D eigenvalue weighted by atomic mass is 10.0. The molecule has 0 bridgehead atoms. The molecule has 0 aliphatic carbocycles. The average molecular weight is 478 g/mol. The smallest absolute Gasteiger partial charge is 0.410 e. The maximum atomic E-state index is 12.7. The van der Waals surface area contributed by atoms with Crippen molar-refractivity contribution in [1.82, 2.24) is 29.5 Å². The van der Waals surface area contributed by atoms with Crippen molar-refractivity contribution in [1.29, 1.82) is 0 Å². The topological polar surface area (TPSA) is 95.3 Å². The number of nitrogens with zero attached hydrogens (tertiary/aromatic N) is 6. The molecule has 0 unspecified atom stereocenters. The molecule has 2 amide bonds. The van der Waals surface area contributed by atoms with Crippen LogP contribution in [0.25, 0.3) is 11.2 Å².